The Bertz CT molecular complexity index is 532. The molecule has 0 aliphatic rings. The molecule has 24 heavy (non-hydrogen) atoms. The first-order chi connectivity index (χ1) is 10.8. The fraction of sp³-hybridized carbons (Fsp3) is 0.571. The standard InChI is InChI=1S/C14H17BF6O3/c1-8(2)22-15(23-9(3)4)24-12-7-10(13(16,17)18)5-6-11(12)14(19,20)21/h5-9H,1-4H3. The molecule has 0 aliphatic carbocycles. The Balaban J connectivity index is 3.25. The number of hydrogen-bond acceptors (Lipinski definition) is 3. The second-order valence-corrected chi connectivity index (χ2v) is 5.48. The molecule has 10 heteroatoms. The highest BCUT2D eigenvalue weighted by atomic mass is 19.4. The average molecular weight is 358 g/mol. The van der Waals surface area contributed by atoms with Crippen LogP contribution in [0.1, 0.15) is 38.8 Å². The molecule has 0 aromatic heterocycles. The Labute approximate surface area is 136 Å². The fourth-order valence-electron chi connectivity index (χ4n) is 1.67. The van der Waals surface area contributed by atoms with Gasteiger partial charge in [-0.15, -0.1) is 0 Å². The lowest BCUT2D eigenvalue weighted by molar-refractivity contribution is -0.142. The van der Waals surface area contributed by atoms with Gasteiger partial charge in [0.05, 0.1) is 11.1 Å². The van der Waals surface area contributed by atoms with Crippen LogP contribution in [0.15, 0.2) is 18.2 Å². The van der Waals surface area contributed by atoms with Gasteiger partial charge in [-0.1, -0.05) is 0 Å². The third kappa shape index (κ3) is 6.24. The van der Waals surface area contributed by atoms with Crippen molar-refractivity contribution < 1.29 is 40.3 Å². The molecule has 0 amide bonds. The number of alkyl halides is 6. The van der Waals surface area contributed by atoms with Crippen LogP contribution in [-0.4, -0.2) is 19.5 Å². The number of rotatable bonds is 6. The molecule has 1 aromatic rings. The maximum atomic E-state index is 13.0. The molecule has 0 saturated heterocycles. The van der Waals surface area contributed by atoms with Crippen molar-refractivity contribution in [1.82, 2.24) is 0 Å². The van der Waals surface area contributed by atoms with Crippen molar-refractivity contribution in [1.29, 1.82) is 0 Å². The van der Waals surface area contributed by atoms with E-state index in [9.17, 15) is 26.3 Å². The lowest BCUT2D eigenvalue weighted by atomic mass is 10.1. The van der Waals surface area contributed by atoms with Crippen LogP contribution in [0.5, 0.6) is 5.75 Å². The van der Waals surface area contributed by atoms with E-state index in [1.165, 1.54) is 0 Å². The largest absolute Gasteiger partial charge is 0.713 e. The SMILES string of the molecule is CC(C)OB(Oc1cc(C(F)(F)F)ccc1C(F)(F)F)OC(C)C. The Morgan fingerprint density at radius 1 is 0.833 bits per heavy atom. The Morgan fingerprint density at radius 3 is 1.71 bits per heavy atom. The molecule has 0 bridgehead atoms. The van der Waals surface area contributed by atoms with Crippen molar-refractivity contribution in [2.45, 2.75) is 52.3 Å². The van der Waals surface area contributed by atoms with Crippen molar-refractivity contribution in [3.63, 3.8) is 0 Å². The molecular formula is C14H17BF6O3. The predicted molar refractivity (Wildman–Crippen MR) is 75.3 cm³/mol. The van der Waals surface area contributed by atoms with E-state index in [1.54, 1.807) is 27.7 Å². The molecule has 0 unspecified atom stereocenters. The maximum Gasteiger partial charge on any atom is 0.713 e. The minimum Gasteiger partial charge on any atom is -0.511 e. The molecule has 136 valence electrons. The van der Waals surface area contributed by atoms with E-state index in [1.807, 2.05) is 0 Å². The van der Waals surface area contributed by atoms with Gasteiger partial charge in [-0.05, 0) is 45.9 Å². The van der Waals surface area contributed by atoms with E-state index in [2.05, 4.69) is 0 Å². The minimum atomic E-state index is -4.89. The van der Waals surface area contributed by atoms with Crippen molar-refractivity contribution in [3.8, 4) is 5.75 Å². The van der Waals surface area contributed by atoms with E-state index in [-0.39, 0.29) is 6.07 Å². The summed E-state index contributed by atoms with van der Waals surface area (Å²) in [7, 11) is -1.57. The Hall–Kier alpha value is -1.42. The second-order valence-electron chi connectivity index (χ2n) is 5.48. The smallest absolute Gasteiger partial charge is 0.511 e. The van der Waals surface area contributed by atoms with Gasteiger partial charge in [0.2, 0.25) is 0 Å². The lowest BCUT2D eigenvalue weighted by Crippen LogP contribution is -2.36. The minimum absolute atomic E-state index is 0.281. The van der Waals surface area contributed by atoms with Crippen LogP contribution in [0.25, 0.3) is 0 Å². The molecule has 3 nitrogen and oxygen atoms in total. The molecule has 0 aliphatic heterocycles. The molecule has 0 N–H and O–H groups in total. The molecule has 1 aromatic carbocycles. The van der Waals surface area contributed by atoms with Crippen LogP contribution < -0.4 is 4.65 Å². The van der Waals surface area contributed by atoms with Gasteiger partial charge < -0.3 is 14.0 Å². The molecule has 0 radical (unpaired) electrons. The highest BCUT2D eigenvalue weighted by Gasteiger charge is 2.39. The first-order valence-electron chi connectivity index (χ1n) is 7.06. The van der Waals surface area contributed by atoms with Crippen molar-refractivity contribution in [2.24, 2.45) is 0 Å². The van der Waals surface area contributed by atoms with Crippen molar-refractivity contribution in [3.05, 3.63) is 29.3 Å². The van der Waals surface area contributed by atoms with Crippen LogP contribution in [0, 0.1) is 0 Å². The zero-order valence-corrected chi connectivity index (χ0v) is 13.5. The number of hydrogen-bond donors (Lipinski definition) is 0. The van der Waals surface area contributed by atoms with Crippen LogP contribution in [0.2, 0.25) is 0 Å². The molecule has 0 heterocycles. The van der Waals surface area contributed by atoms with Crippen molar-refractivity contribution >= 4 is 7.32 Å². The number of halogens is 6. The molecule has 0 saturated carbocycles. The fourth-order valence-corrected chi connectivity index (χ4v) is 1.67. The summed E-state index contributed by atoms with van der Waals surface area (Å²) >= 11 is 0. The van der Waals surface area contributed by atoms with Gasteiger partial charge in [0, 0.05) is 12.2 Å². The Morgan fingerprint density at radius 2 is 1.33 bits per heavy atom. The van der Waals surface area contributed by atoms with Gasteiger partial charge in [0.1, 0.15) is 5.75 Å². The van der Waals surface area contributed by atoms with Gasteiger partial charge in [-0.2, -0.15) is 26.3 Å². The van der Waals surface area contributed by atoms with E-state index < -0.39 is 48.8 Å². The normalized spacial score (nSPS) is 12.8. The Kier molecular flexibility index (Phi) is 6.57. The van der Waals surface area contributed by atoms with Crippen LogP contribution in [-0.2, 0) is 21.7 Å². The highest BCUT2D eigenvalue weighted by molar-refractivity contribution is 6.37. The summed E-state index contributed by atoms with van der Waals surface area (Å²) in [5, 5.41) is 0. The van der Waals surface area contributed by atoms with Gasteiger partial charge in [-0.25, -0.2) is 0 Å². The average Bonchev–Trinajstić information content (AvgIpc) is 2.34. The summed E-state index contributed by atoms with van der Waals surface area (Å²) < 4.78 is 92.6. The molecule has 1 rings (SSSR count). The zero-order chi connectivity index (χ0) is 18.7. The van der Waals surface area contributed by atoms with Gasteiger partial charge >= 0.3 is 19.7 Å². The van der Waals surface area contributed by atoms with E-state index >= 15 is 0 Å². The molecule has 0 atom stereocenters. The maximum absolute atomic E-state index is 13.0. The van der Waals surface area contributed by atoms with E-state index in [0.717, 1.165) is 0 Å². The van der Waals surface area contributed by atoms with Crippen LogP contribution >= 0.6 is 0 Å². The number of benzene rings is 1. The second kappa shape index (κ2) is 7.65. The molecular weight excluding hydrogens is 341 g/mol. The lowest BCUT2D eigenvalue weighted by Gasteiger charge is -2.22. The van der Waals surface area contributed by atoms with Crippen LogP contribution in [0.3, 0.4) is 0 Å². The topological polar surface area (TPSA) is 27.7 Å². The summed E-state index contributed by atoms with van der Waals surface area (Å²) in [6, 6.07) is 0.945. The van der Waals surface area contributed by atoms with Crippen LogP contribution in [0.4, 0.5) is 26.3 Å². The summed E-state index contributed by atoms with van der Waals surface area (Å²) in [6.07, 6.45) is -10.7. The zero-order valence-electron chi connectivity index (χ0n) is 13.5. The summed E-state index contributed by atoms with van der Waals surface area (Å²) in [6.45, 7) is 6.32. The summed E-state index contributed by atoms with van der Waals surface area (Å²) in [5.41, 5.74) is -2.61. The molecule has 0 fully saturated rings. The first-order valence-corrected chi connectivity index (χ1v) is 7.06. The summed E-state index contributed by atoms with van der Waals surface area (Å²) in [4.78, 5) is 0. The third-order valence-electron chi connectivity index (χ3n) is 2.60. The van der Waals surface area contributed by atoms with Gasteiger partial charge in [0.25, 0.3) is 0 Å². The van der Waals surface area contributed by atoms with Gasteiger partial charge in [-0.3, -0.25) is 0 Å². The first kappa shape index (κ1) is 20.6. The molecule has 0 spiro atoms. The van der Waals surface area contributed by atoms with Crippen molar-refractivity contribution in [2.75, 3.05) is 0 Å². The third-order valence-corrected chi connectivity index (χ3v) is 2.60. The quantitative estimate of drug-likeness (QED) is 0.533. The predicted octanol–water partition coefficient (Wildman–Crippen LogP) is 4.94. The van der Waals surface area contributed by atoms with E-state index in [4.69, 9.17) is 14.0 Å². The van der Waals surface area contributed by atoms with Gasteiger partial charge in [0.15, 0.2) is 0 Å². The summed E-state index contributed by atoms with van der Waals surface area (Å²) in [5.74, 6) is -1.01. The highest BCUT2D eigenvalue weighted by Crippen LogP contribution is 2.40. The van der Waals surface area contributed by atoms with E-state index in [0.29, 0.717) is 12.1 Å². The monoisotopic (exact) mass is 358 g/mol.